The van der Waals surface area contributed by atoms with E-state index in [4.69, 9.17) is 9.56 Å². The summed E-state index contributed by atoms with van der Waals surface area (Å²) in [5.74, 6) is 1.40. The fraction of sp³-hybridized carbons (Fsp3) is 0.421. The molecule has 0 aliphatic heterocycles. The Labute approximate surface area is 153 Å². The molecule has 0 radical (unpaired) electrons. The van der Waals surface area contributed by atoms with Gasteiger partial charge in [-0.2, -0.15) is 0 Å². The molecular weight excluding hydrogens is 352 g/mol. The van der Waals surface area contributed by atoms with Crippen molar-refractivity contribution in [3.05, 3.63) is 52.5 Å². The second-order valence-corrected chi connectivity index (χ2v) is 9.39. The molecule has 0 unspecified atom stereocenters. The van der Waals surface area contributed by atoms with Gasteiger partial charge in [-0.15, -0.1) is 0 Å². The zero-order valence-electron chi connectivity index (χ0n) is 15.4. The SMILES string of the molecule is Cc1cc2c(o1)CC(C)(C)C[C@@H]2NC(=O)c1cc(S(N)(=O)=O)ccc1C. The maximum atomic E-state index is 12.9. The summed E-state index contributed by atoms with van der Waals surface area (Å²) in [6, 6.07) is 6.10. The van der Waals surface area contributed by atoms with Gasteiger partial charge in [-0.3, -0.25) is 4.79 Å². The quantitative estimate of drug-likeness (QED) is 0.859. The van der Waals surface area contributed by atoms with E-state index in [-0.39, 0.29) is 22.3 Å². The lowest BCUT2D eigenvalue weighted by atomic mass is 9.74. The lowest BCUT2D eigenvalue weighted by Crippen LogP contribution is -2.36. The van der Waals surface area contributed by atoms with Gasteiger partial charge in [0.05, 0.1) is 10.9 Å². The molecule has 0 saturated carbocycles. The van der Waals surface area contributed by atoms with Crippen LogP contribution in [0.15, 0.2) is 33.6 Å². The molecule has 1 aliphatic rings. The fourth-order valence-corrected chi connectivity index (χ4v) is 4.11. The molecule has 140 valence electrons. The van der Waals surface area contributed by atoms with Gasteiger partial charge < -0.3 is 9.73 Å². The van der Waals surface area contributed by atoms with Crippen LogP contribution >= 0.6 is 0 Å². The number of carbonyl (C=O) groups excluding carboxylic acids is 1. The van der Waals surface area contributed by atoms with Crippen LogP contribution in [0.25, 0.3) is 0 Å². The molecule has 0 fully saturated rings. The van der Waals surface area contributed by atoms with Gasteiger partial charge >= 0.3 is 0 Å². The number of nitrogens with one attached hydrogen (secondary N) is 1. The van der Waals surface area contributed by atoms with Crippen molar-refractivity contribution in [1.82, 2.24) is 5.32 Å². The average molecular weight is 376 g/mol. The lowest BCUT2D eigenvalue weighted by Gasteiger charge is -2.34. The molecule has 0 spiro atoms. The van der Waals surface area contributed by atoms with E-state index in [1.165, 1.54) is 12.1 Å². The predicted molar refractivity (Wildman–Crippen MR) is 98.3 cm³/mol. The molecule has 1 heterocycles. The molecule has 1 atom stereocenters. The minimum atomic E-state index is -3.87. The van der Waals surface area contributed by atoms with Crippen LogP contribution in [0.3, 0.4) is 0 Å². The Hall–Kier alpha value is -2.12. The van der Waals surface area contributed by atoms with Crippen LogP contribution in [0.5, 0.6) is 0 Å². The zero-order chi connectivity index (χ0) is 19.3. The average Bonchev–Trinajstić information content (AvgIpc) is 2.85. The highest BCUT2D eigenvalue weighted by Crippen LogP contribution is 2.42. The molecule has 2 aromatic rings. The second kappa shape index (κ2) is 6.25. The molecule has 1 aromatic carbocycles. The fourth-order valence-electron chi connectivity index (χ4n) is 3.57. The number of primary sulfonamides is 1. The molecule has 3 rings (SSSR count). The molecule has 1 aliphatic carbocycles. The standard InChI is InChI=1S/C19H24N2O4S/c1-11-5-6-13(26(20,23)24)8-14(11)18(22)21-16-9-19(3,4)10-17-15(16)7-12(2)25-17/h5-8,16H,9-10H2,1-4H3,(H,21,22)(H2,20,23,24)/t16-/m0/s1. The monoisotopic (exact) mass is 376 g/mol. The van der Waals surface area contributed by atoms with E-state index in [0.717, 1.165) is 29.9 Å². The van der Waals surface area contributed by atoms with Crippen molar-refractivity contribution in [3.63, 3.8) is 0 Å². The van der Waals surface area contributed by atoms with E-state index in [1.807, 2.05) is 13.0 Å². The summed E-state index contributed by atoms with van der Waals surface area (Å²) in [6.07, 6.45) is 1.60. The number of carbonyl (C=O) groups is 1. The third kappa shape index (κ3) is 3.68. The minimum Gasteiger partial charge on any atom is -0.466 e. The summed E-state index contributed by atoms with van der Waals surface area (Å²) in [7, 11) is -3.87. The third-order valence-electron chi connectivity index (χ3n) is 4.82. The van der Waals surface area contributed by atoms with Gasteiger partial charge in [0.15, 0.2) is 0 Å². The van der Waals surface area contributed by atoms with Gasteiger partial charge in [0.2, 0.25) is 10.0 Å². The number of fused-ring (bicyclic) bond motifs is 1. The second-order valence-electron chi connectivity index (χ2n) is 7.83. The first-order valence-corrected chi connectivity index (χ1v) is 10.0. The Balaban J connectivity index is 1.93. The smallest absolute Gasteiger partial charge is 0.252 e. The zero-order valence-corrected chi connectivity index (χ0v) is 16.2. The van der Waals surface area contributed by atoms with Crippen LogP contribution in [-0.4, -0.2) is 14.3 Å². The van der Waals surface area contributed by atoms with Crippen LogP contribution in [0.4, 0.5) is 0 Å². The highest BCUT2D eigenvalue weighted by atomic mass is 32.2. The first kappa shape index (κ1) is 18.7. The van der Waals surface area contributed by atoms with Crippen molar-refractivity contribution in [2.24, 2.45) is 10.6 Å². The van der Waals surface area contributed by atoms with Gasteiger partial charge in [0.1, 0.15) is 11.5 Å². The first-order valence-electron chi connectivity index (χ1n) is 8.50. The summed E-state index contributed by atoms with van der Waals surface area (Å²) in [5, 5.41) is 8.24. The Bertz CT molecular complexity index is 973. The van der Waals surface area contributed by atoms with Crippen molar-refractivity contribution in [2.45, 2.75) is 51.5 Å². The van der Waals surface area contributed by atoms with E-state index in [2.05, 4.69) is 19.2 Å². The molecule has 6 nitrogen and oxygen atoms in total. The molecule has 1 amide bonds. The number of nitrogens with two attached hydrogens (primary N) is 1. The van der Waals surface area contributed by atoms with E-state index >= 15 is 0 Å². The maximum Gasteiger partial charge on any atom is 0.252 e. The number of furan rings is 1. The number of aryl methyl sites for hydroxylation is 2. The Morgan fingerprint density at radius 3 is 2.62 bits per heavy atom. The molecular formula is C19H24N2O4S. The molecule has 3 N–H and O–H groups in total. The summed E-state index contributed by atoms with van der Waals surface area (Å²) in [5.41, 5.74) is 1.98. The molecule has 7 heteroatoms. The summed E-state index contributed by atoms with van der Waals surface area (Å²) < 4.78 is 29.0. The van der Waals surface area contributed by atoms with E-state index in [9.17, 15) is 13.2 Å². The summed E-state index contributed by atoms with van der Waals surface area (Å²) in [4.78, 5) is 12.8. The number of hydrogen-bond acceptors (Lipinski definition) is 4. The number of amides is 1. The van der Waals surface area contributed by atoms with Crippen LogP contribution in [0.2, 0.25) is 0 Å². The maximum absolute atomic E-state index is 12.9. The van der Waals surface area contributed by atoms with E-state index < -0.39 is 10.0 Å². The van der Waals surface area contributed by atoms with E-state index in [1.54, 1.807) is 13.0 Å². The van der Waals surface area contributed by atoms with Gasteiger partial charge in [-0.1, -0.05) is 19.9 Å². The summed E-state index contributed by atoms with van der Waals surface area (Å²) >= 11 is 0. The minimum absolute atomic E-state index is 0.00721. The Morgan fingerprint density at radius 1 is 1.27 bits per heavy atom. The highest BCUT2D eigenvalue weighted by Gasteiger charge is 2.35. The number of hydrogen-bond donors (Lipinski definition) is 2. The topological polar surface area (TPSA) is 102 Å². The number of sulfonamides is 1. The van der Waals surface area contributed by atoms with Crippen molar-refractivity contribution in [1.29, 1.82) is 0 Å². The third-order valence-corrected chi connectivity index (χ3v) is 5.73. The highest BCUT2D eigenvalue weighted by molar-refractivity contribution is 7.89. The van der Waals surface area contributed by atoms with Crippen molar-refractivity contribution >= 4 is 15.9 Å². The largest absolute Gasteiger partial charge is 0.466 e. The van der Waals surface area contributed by atoms with Crippen molar-refractivity contribution < 1.29 is 17.6 Å². The van der Waals surface area contributed by atoms with Crippen LogP contribution < -0.4 is 10.5 Å². The first-order chi connectivity index (χ1) is 12.0. The van der Waals surface area contributed by atoms with Gasteiger partial charge in [0.25, 0.3) is 5.91 Å². The summed E-state index contributed by atoms with van der Waals surface area (Å²) in [6.45, 7) is 7.93. The Kier molecular flexibility index (Phi) is 4.48. The van der Waals surface area contributed by atoms with Crippen LogP contribution in [-0.2, 0) is 16.4 Å². The molecule has 26 heavy (non-hydrogen) atoms. The molecule has 0 saturated heterocycles. The van der Waals surface area contributed by atoms with Crippen LogP contribution in [0.1, 0.15) is 59.3 Å². The number of rotatable bonds is 3. The lowest BCUT2D eigenvalue weighted by molar-refractivity contribution is 0.0916. The van der Waals surface area contributed by atoms with Gasteiger partial charge in [-0.05, 0) is 49.4 Å². The Morgan fingerprint density at radius 2 is 1.96 bits per heavy atom. The van der Waals surface area contributed by atoms with Crippen LogP contribution in [0, 0.1) is 19.3 Å². The van der Waals surface area contributed by atoms with Crippen molar-refractivity contribution in [3.8, 4) is 0 Å². The predicted octanol–water partition coefficient (Wildman–Crippen LogP) is 2.99. The van der Waals surface area contributed by atoms with Gasteiger partial charge in [0, 0.05) is 17.5 Å². The normalized spacial score (nSPS) is 19.0. The molecule has 1 aromatic heterocycles. The van der Waals surface area contributed by atoms with Gasteiger partial charge in [-0.25, -0.2) is 13.6 Å². The number of benzene rings is 1. The van der Waals surface area contributed by atoms with E-state index in [0.29, 0.717) is 11.1 Å². The molecule has 0 bridgehead atoms. The van der Waals surface area contributed by atoms with Crippen molar-refractivity contribution in [2.75, 3.05) is 0 Å².